The summed E-state index contributed by atoms with van der Waals surface area (Å²) in [5, 5.41) is 5.47. The molecule has 0 aliphatic carbocycles. The molecule has 0 unspecified atom stereocenters. The summed E-state index contributed by atoms with van der Waals surface area (Å²) in [6.07, 6.45) is 1.70. The number of carbonyl (C=O) groups is 2. The second-order valence-electron chi connectivity index (χ2n) is 7.19. The SMILES string of the molecule is COC(=O)C1=C(C)N=C2SC=C(CC(=O)NCc3ccco3)N2[C@H]1c1ccc(OC)cc1. The molecule has 32 heavy (non-hydrogen) atoms. The third-order valence-corrected chi connectivity index (χ3v) is 6.11. The van der Waals surface area contributed by atoms with Gasteiger partial charge in [-0.15, -0.1) is 0 Å². The van der Waals surface area contributed by atoms with Crippen LogP contribution in [0.5, 0.6) is 5.75 Å². The molecule has 0 bridgehead atoms. The number of amidine groups is 1. The maximum atomic E-state index is 12.7. The van der Waals surface area contributed by atoms with Gasteiger partial charge in [0.2, 0.25) is 5.91 Å². The predicted octanol–water partition coefficient (Wildman–Crippen LogP) is 3.74. The van der Waals surface area contributed by atoms with Crippen molar-refractivity contribution in [3.63, 3.8) is 0 Å². The van der Waals surface area contributed by atoms with Crippen molar-refractivity contribution in [1.29, 1.82) is 0 Å². The Hall–Kier alpha value is -3.46. The first-order chi connectivity index (χ1) is 15.5. The minimum Gasteiger partial charge on any atom is -0.497 e. The number of thioether (sulfide) groups is 1. The molecule has 2 aliphatic heterocycles. The van der Waals surface area contributed by atoms with E-state index in [4.69, 9.17) is 13.9 Å². The fourth-order valence-corrected chi connectivity index (χ4v) is 4.63. The van der Waals surface area contributed by atoms with Gasteiger partial charge in [-0.3, -0.25) is 4.79 Å². The van der Waals surface area contributed by atoms with E-state index < -0.39 is 12.0 Å². The highest BCUT2D eigenvalue weighted by atomic mass is 32.2. The maximum Gasteiger partial charge on any atom is 0.338 e. The molecule has 1 aromatic heterocycles. The molecular weight excluding hydrogens is 430 g/mol. The van der Waals surface area contributed by atoms with E-state index in [-0.39, 0.29) is 12.3 Å². The van der Waals surface area contributed by atoms with Crippen molar-refractivity contribution in [2.45, 2.75) is 25.9 Å². The molecule has 1 amide bonds. The van der Waals surface area contributed by atoms with Gasteiger partial charge >= 0.3 is 5.97 Å². The summed E-state index contributed by atoms with van der Waals surface area (Å²) in [6, 6.07) is 10.6. The van der Waals surface area contributed by atoms with Gasteiger partial charge in [0.05, 0.1) is 50.8 Å². The molecule has 1 N–H and O–H groups in total. The van der Waals surface area contributed by atoms with Crippen molar-refractivity contribution >= 4 is 28.8 Å². The molecular formula is C23H23N3O5S. The van der Waals surface area contributed by atoms with Crippen LogP contribution < -0.4 is 10.1 Å². The summed E-state index contributed by atoms with van der Waals surface area (Å²) >= 11 is 1.43. The molecule has 8 nitrogen and oxygen atoms in total. The molecule has 9 heteroatoms. The molecule has 0 spiro atoms. The van der Waals surface area contributed by atoms with Crippen LogP contribution >= 0.6 is 11.8 Å². The zero-order chi connectivity index (χ0) is 22.7. The van der Waals surface area contributed by atoms with Gasteiger partial charge in [-0.05, 0) is 42.2 Å². The van der Waals surface area contributed by atoms with Gasteiger partial charge in [-0.2, -0.15) is 0 Å². The molecule has 4 rings (SSSR count). The predicted molar refractivity (Wildman–Crippen MR) is 121 cm³/mol. The minimum absolute atomic E-state index is 0.132. The lowest BCUT2D eigenvalue weighted by atomic mass is 9.94. The minimum atomic E-state index is -0.472. The van der Waals surface area contributed by atoms with E-state index in [1.807, 2.05) is 34.6 Å². The Kier molecular flexibility index (Phi) is 6.36. The van der Waals surface area contributed by atoms with E-state index in [0.29, 0.717) is 34.5 Å². The number of methoxy groups -OCH3 is 2. The summed E-state index contributed by atoms with van der Waals surface area (Å²) in [5.41, 5.74) is 2.64. The lowest BCUT2D eigenvalue weighted by molar-refractivity contribution is -0.136. The zero-order valence-corrected chi connectivity index (χ0v) is 18.8. The summed E-state index contributed by atoms with van der Waals surface area (Å²) < 4.78 is 15.6. The number of esters is 1. The first-order valence-corrected chi connectivity index (χ1v) is 10.9. The molecule has 1 aromatic carbocycles. The third-order valence-electron chi connectivity index (χ3n) is 5.22. The number of benzene rings is 1. The number of allylic oxidation sites excluding steroid dienone is 1. The van der Waals surface area contributed by atoms with Gasteiger partial charge in [-0.1, -0.05) is 23.9 Å². The average Bonchev–Trinajstić information content (AvgIpc) is 3.46. The fourth-order valence-electron chi connectivity index (χ4n) is 3.67. The Bertz CT molecular complexity index is 1100. The average molecular weight is 454 g/mol. The molecule has 2 aliphatic rings. The van der Waals surface area contributed by atoms with Crippen LogP contribution in [0.1, 0.15) is 30.7 Å². The van der Waals surface area contributed by atoms with Crippen LogP contribution in [0.3, 0.4) is 0 Å². The highest BCUT2D eigenvalue weighted by Gasteiger charge is 2.40. The number of hydrogen-bond acceptors (Lipinski definition) is 8. The molecule has 0 radical (unpaired) electrons. The van der Waals surface area contributed by atoms with E-state index in [1.54, 1.807) is 32.4 Å². The number of carbonyl (C=O) groups excluding carboxylic acids is 2. The number of ether oxygens (including phenoxy) is 2. The normalized spacial score (nSPS) is 17.5. The van der Waals surface area contributed by atoms with E-state index in [9.17, 15) is 9.59 Å². The van der Waals surface area contributed by atoms with Gasteiger partial charge in [0.1, 0.15) is 11.5 Å². The molecule has 0 saturated carbocycles. The standard InChI is InChI=1S/C23H23N3O5S/c1-14-20(22(28)30-3)21(15-6-8-17(29-2)9-7-15)26-16(13-32-23(26)25-14)11-19(27)24-12-18-5-4-10-31-18/h4-10,13,21H,11-12H2,1-3H3,(H,24,27)/t21-/m0/s1. The van der Waals surface area contributed by atoms with Gasteiger partial charge in [0, 0.05) is 5.70 Å². The number of rotatable bonds is 7. The maximum absolute atomic E-state index is 12.7. The second kappa shape index (κ2) is 9.35. The Morgan fingerprint density at radius 2 is 2.00 bits per heavy atom. The monoisotopic (exact) mass is 453 g/mol. The van der Waals surface area contributed by atoms with Crippen LogP contribution in [0, 0.1) is 0 Å². The Morgan fingerprint density at radius 3 is 2.66 bits per heavy atom. The largest absolute Gasteiger partial charge is 0.497 e. The smallest absolute Gasteiger partial charge is 0.338 e. The van der Waals surface area contributed by atoms with Crippen molar-refractivity contribution in [3.05, 3.63) is 76.4 Å². The van der Waals surface area contributed by atoms with Crippen molar-refractivity contribution in [2.75, 3.05) is 14.2 Å². The van der Waals surface area contributed by atoms with Crippen molar-refractivity contribution < 1.29 is 23.5 Å². The number of hydrogen-bond donors (Lipinski definition) is 1. The Labute approximate surface area is 190 Å². The molecule has 2 aromatic rings. The van der Waals surface area contributed by atoms with Crippen LogP contribution in [-0.2, 0) is 20.9 Å². The zero-order valence-electron chi connectivity index (χ0n) is 18.0. The van der Waals surface area contributed by atoms with Crippen LogP contribution in [0.15, 0.2) is 74.4 Å². The van der Waals surface area contributed by atoms with Crippen LogP contribution in [-0.4, -0.2) is 36.2 Å². The highest BCUT2D eigenvalue weighted by molar-refractivity contribution is 8.16. The lowest BCUT2D eigenvalue weighted by Gasteiger charge is -2.36. The summed E-state index contributed by atoms with van der Waals surface area (Å²) in [7, 11) is 2.95. The van der Waals surface area contributed by atoms with E-state index in [2.05, 4.69) is 10.3 Å². The quantitative estimate of drug-likeness (QED) is 0.638. The number of furan rings is 1. The van der Waals surface area contributed by atoms with Crippen molar-refractivity contribution in [2.24, 2.45) is 4.99 Å². The van der Waals surface area contributed by atoms with Gasteiger partial charge in [0.15, 0.2) is 5.17 Å². The van der Waals surface area contributed by atoms with Crippen LogP contribution in [0.2, 0.25) is 0 Å². The second-order valence-corrected chi connectivity index (χ2v) is 8.03. The van der Waals surface area contributed by atoms with Crippen molar-refractivity contribution in [3.8, 4) is 5.75 Å². The molecule has 0 saturated heterocycles. The summed E-state index contributed by atoms with van der Waals surface area (Å²) in [6.45, 7) is 2.10. The summed E-state index contributed by atoms with van der Waals surface area (Å²) in [4.78, 5) is 31.9. The van der Waals surface area contributed by atoms with Crippen molar-refractivity contribution in [1.82, 2.24) is 10.2 Å². The number of nitrogens with one attached hydrogen (secondary N) is 1. The number of amides is 1. The molecule has 0 fully saturated rings. The highest BCUT2D eigenvalue weighted by Crippen LogP contribution is 2.45. The lowest BCUT2D eigenvalue weighted by Crippen LogP contribution is -2.37. The first-order valence-electron chi connectivity index (χ1n) is 9.97. The molecule has 3 heterocycles. The van der Waals surface area contributed by atoms with Gasteiger partial charge < -0.3 is 24.1 Å². The van der Waals surface area contributed by atoms with Crippen LogP contribution in [0.4, 0.5) is 0 Å². The topological polar surface area (TPSA) is 93.4 Å². The van der Waals surface area contributed by atoms with E-state index >= 15 is 0 Å². The van der Waals surface area contributed by atoms with Crippen LogP contribution in [0.25, 0.3) is 0 Å². The Balaban J connectivity index is 1.62. The summed E-state index contributed by atoms with van der Waals surface area (Å²) in [5.74, 6) is 0.775. The number of fused-ring (bicyclic) bond motifs is 1. The number of nitrogens with zero attached hydrogens (tertiary/aromatic N) is 2. The fraction of sp³-hybridized carbons (Fsp3) is 0.261. The Morgan fingerprint density at radius 1 is 1.22 bits per heavy atom. The third kappa shape index (κ3) is 4.29. The molecule has 1 atom stereocenters. The van der Waals surface area contributed by atoms with E-state index in [0.717, 1.165) is 11.3 Å². The molecule has 166 valence electrons. The number of aliphatic imine (C=N–C) groups is 1. The van der Waals surface area contributed by atoms with Gasteiger partial charge in [0.25, 0.3) is 0 Å². The van der Waals surface area contributed by atoms with Gasteiger partial charge in [-0.25, -0.2) is 9.79 Å². The first kappa shape index (κ1) is 21.8. The van der Waals surface area contributed by atoms with E-state index in [1.165, 1.54) is 18.9 Å².